The molecule has 294 valence electrons. The summed E-state index contributed by atoms with van der Waals surface area (Å²) in [6.45, 7) is 8.60. The van der Waals surface area contributed by atoms with E-state index in [1.165, 1.54) is 35.2 Å². The van der Waals surface area contributed by atoms with Crippen molar-refractivity contribution in [3.05, 3.63) is 143 Å². The minimum atomic E-state index is -4.25. The molecule has 0 radical (unpaired) electrons. The lowest BCUT2D eigenvalue weighted by Crippen LogP contribution is -2.46. The minimum Gasteiger partial charge on any atom is -0.376 e. The number of hydrogen-bond acceptors (Lipinski definition) is 10. The minimum absolute atomic E-state index is 0.0690. The first-order valence-electron chi connectivity index (χ1n) is 19.2. The third-order valence-electron chi connectivity index (χ3n) is 10.2. The fourth-order valence-corrected chi connectivity index (χ4v) is 9.13. The average Bonchev–Trinajstić information content (AvgIpc) is 3.22. The maximum absolute atomic E-state index is 13.7. The number of thioether (sulfide) groups is 1. The lowest BCUT2D eigenvalue weighted by molar-refractivity contribution is -0.384. The summed E-state index contributed by atoms with van der Waals surface area (Å²) in [6.07, 6.45) is 3.07. The highest BCUT2D eigenvalue weighted by atomic mass is 32.2. The molecule has 5 aromatic carbocycles. The quantitative estimate of drug-likeness (QED) is 0.0554. The van der Waals surface area contributed by atoms with E-state index in [1.54, 1.807) is 11.8 Å². The summed E-state index contributed by atoms with van der Waals surface area (Å²) in [5.41, 5.74) is 5.32. The van der Waals surface area contributed by atoms with E-state index < -0.39 is 14.9 Å². The summed E-state index contributed by atoms with van der Waals surface area (Å²) in [5, 5.41) is 16.2. The molecule has 57 heavy (non-hydrogen) atoms. The molecule has 7 rings (SSSR count). The van der Waals surface area contributed by atoms with Gasteiger partial charge in [-0.2, -0.15) is 0 Å². The maximum Gasteiger partial charge on any atom is 0.293 e. The van der Waals surface area contributed by atoms with Gasteiger partial charge in [-0.3, -0.25) is 19.7 Å². The number of nitrogens with zero attached hydrogens (tertiary/aromatic N) is 5. The zero-order valence-electron chi connectivity index (χ0n) is 32.1. The van der Waals surface area contributed by atoms with Crippen LogP contribution in [-0.4, -0.2) is 66.2 Å². The molecule has 6 aromatic rings. The highest BCUT2D eigenvalue weighted by Gasteiger charge is 2.25. The molecule has 1 aromatic heterocycles. The highest BCUT2D eigenvalue weighted by molar-refractivity contribution is 7.99. The first-order chi connectivity index (χ1) is 27.6. The van der Waals surface area contributed by atoms with E-state index in [1.807, 2.05) is 54.6 Å². The van der Waals surface area contributed by atoms with Gasteiger partial charge in [0.05, 0.1) is 15.3 Å². The van der Waals surface area contributed by atoms with E-state index in [4.69, 9.17) is 0 Å². The molecular formula is C44H47N7O4S2. The van der Waals surface area contributed by atoms with Crippen LogP contribution in [0.1, 0.15) is 32.3 Å². The summed E-state index contributed by atoms with van der Waals surface area (Å²) < 4.78 is 30.0. The molecule has 2 heterocycles. The monoisotopic (exact) mass is 801 g/mol. The van der Waals surface area contributed by atoms with E-state index in [2.05, 4.69) is 92.2 Å². The maximum atomic E-state index is 13.7. The number of nitro groups is 1. The number of rotatable bonds is 16. The van der Waals surface area contributed by atoms with Gasteiger partial charge in [-0.15, -0.1) is 11.8 Å². The number of fused-ring (bicyclic) bond motifs is 1. The molecule has 0 saturated carbocycles. The fraction of sp³-hybridized carbons (Fsp3) is 0.273. The van der Waals surface area contributed by atoms with Crippen LogP contribution < -0.4 is 14.9 Å². The normalized spacial score (nSPS) is 14.1. The van der Waals surface area contributed by atoms with Crippen LogP contribution in [0.15, 0.2) is 137 Å². The Morgan fingerprint density at radius 1 is 0.825 bits per heavy atom. The molecule has 1 fully saturated rings. The Morgan fingerprint density at radius 3 is 2.28 bits per heavy atom. The summed E-state index contributed by atoms with van der Waals surface area (Å²) in [6, 6.07) is 38.7. The van der Waals surface area contributed by atoms with Gasteiger partial charge in [0.15, 0.2) is 5.82 Å². The van der Waals surface area contributed by atoms with Gasteiger partial charge in [-0.05, 0) is 77.9 Å². The van der Waals surface area contributed by atoms with Crippen molar-refractivity contribution in [1.82, 2.24) is 14.9 Å². The van der Waals surface area contributed by atoms with Crippen LogP contribution in [0.2, 0.25) is 0 Å². The number of hydrogen-bond donors (Lipinski definition) is 2. The molecule has 1 saturated heterocycles. The molecule has 0 aliphatic carbocycles. The Kier molecular flexibility index (Phi) is 12.7. The van der Waals surface area contributed by atoms with Gasteiger partial charge in [0.2, 0.25) is 0 Å². The lowest BCUT2D eigenvalue weighted by atomic mass is 9.99. The summed E-state index contributed by atoms with van der Waals surface area (Å²) in [5.74, 6) is 1.26. The van der Waals surface area contributed by atoms with Crippen molar-refractivity contribution < 1.29 is 13.3 Å². The predicted molar refractivity (Wildman–Crippen MR) is 231 cm³/mol. The second-order valence-corrected chi connectivity index (χ2v) is 17.5. The smallest absolute Gasteiger partial charge is 0.293 e. The number of sulfonamides is 1. The fourth-order valence-electron chi connectivity index (χ4n) is 7.09. The van der Waals surface area contributed by atoms with E-state index >= 15 is 0 Å². The molecule has 0 unspecified atom stereocenters. The Bertz CT molecular complexity index is 2410. The first kappa shape index (κ1) is 39.7. The van der Waals surface area contributed by atoms with Crippen molar-refractivity contribution in [2.45, 2.75) is 49.1 Å². The van der Waals surface area contributed by atoms with Gasteiger partial charge in [0, 0.05) is 66.6 Å². The Morgan fingerprint density at radius 2 is 1.54 bits per heavy atom. The molecule has 2 N–H and O–H groups in total. The van der Waals surface area contributed by atoms with Crippen molar-refractivity contribution >= 4 is 55.6 Å². The number of aromatic nitrogens is 2. The predicted octanol–water partition coefficient (Wildman–Crippen LogP) is 9.34. The molecule has 0 amide bonds. The molecule has 1 atom stereocenters. The highest BCUT2D eigenvalue weighted by Crippen LogP contribution is 2.33. The van der Waals surface area contributed by atoms with Crippen LogP contribution in [0.3, 0.4) is 0 Å². The van der Waals surface area contributed by atoms with Gasteiger partial charge in [-0.1, -0.05) is 86.6 Å². The van der Waals surface area contributed by atoms with Gasteiger partial charge in [0.1, 0.15) is 12.0 Å². The van der Waals surface area contributed by atoms with Crippen LogP contribution in [-0.2, 0) is 16.6 Å². The Labute approximate surface area is 338 Å². The summed E-state index contributed by atoms with van der Waals surface area (Å²) in [7, 11) is -4.25. The van der Waals surface area contributed by atoms with Crippen LogP contribution >= 0.6 is 11.8 Å². The topological polar surface area (TPSA) is 134 Å². The van der Waals surface area contributed by atoms with Gasteiger partial charge in [0.25, 0.3) is 15.7 Å². The summed E-state index contributed by atoms with van der Waals surface area (Å²) >= 11 is 1.68. The second-order valence-electron chi connectivity index (χ2n) is 14.7. The van der Waals surface area contributed by atoms with Crippen molar-refractivity contribution in [2.24, 2.45) is 5.92 Å². The van der Waals surface area contributed by atoms with E-state index in [9.17, 15) is 18.5 Å². The van der Waals surface area contributed by atoms with Crippen molar-refractivity contribution in [1.29, 1.82) is 0 Å². The molecule has 11 nitrogen and oxygen atoms in total. The van der Waals surface area contributed by atoms with Crippen LogP contribution in [0.4, 0.5) is 22.9 Å². The number of benzene rings is 5. The zero-order chi connectivity index (χ0) is 39.8. The van der Waals surface area contributed by atoms with Gasteiger partial charge >= 0.3 is 0 Å². The molecular weight excluding hydrogens is 755 g/mol. The van der Waals surface area contributed by atoms with Crippen molar-refractivity contribution in [3.63, 3.8) is 0 Å². The summed E-state index contributed by atoms with van der Waals surface area (Å²) in [4.78, 5) is 26.2. The number of nitrogens with one attached hydrogen (secondary N) is 2. The van der Waals surface area contributed by atoms with E-state index in [0.29, 0.717) is 22.6 Å². The largest absolute Gasteiger partial charge is 0.376 e. The van der Waals surface area contributed by atoms with Crippen LogP contribution in [0, 0.1) is 16.0 Å². The number of nitro benzene ring substituents is 1. The second kappa shape index (κ2) is 18.2. The lowest BCUT2D eigenvalue weighted by Gasteiger charge is -2.36. The average molecular weight is 802 g/mol. The molecule has 1 aliphatic rings. The number of piperazine rings is 1. The van der Waals surface area contributed by atoms with Crippen LogP contribution in [0.5, 0.6) is 0 Å². The Balaban J connectivity index is 1.03. The SMILES string of the molecule is CC(C)CC[C@H](CSc1ccccc1)Nc1ccc(S(=O)(=O)Nc2ncnc3cc(N4CCN(Cc5ccccc5-c5ccccc5)CC4)ccc23)cc1[N+](=O)[O-]. The van der Waals surface area contributed by atoms with E-state index in [-0.39, 0.29) is 28.1 Å². The molecule has 0 spiro atoms. The third kappa shape index (κ3) is 10.1. The van der Waals surface area contributed by atoms with Crippen molar-refractivity contribution in [3.8, 4) is 11.1 Å². The van der Waals surface area contributed by atoms with Crippen LogP contribution in [0.25, 0.3) is 22.0 Å². The van der Waals surface area contributed by atoms with Gasteiger partial charge < -0.3 is 10.2 Å². The molecule has 1 aliphatic heterocycles. The number of anilines is 3. The third-order valence-corrected chi connectivity index (χ3v) is 12.7. The molecule has 13 heteroatoms. The zero-order valence-corrected chi connectivity index (χ0v) is 33.8. The van der Waals surface area contributed by atoms with Crippen molar-refractivity contribution in [2.75, 3.05) is 46.9 Å². The Hall–Kier alpha value is -5.50. The molecule has 0 bridgehead atoms. The first-order valence-corrected chi connectivity index (χ1v) is 21.7. The van der Waals surface area contributed by atoms with E-state index in [0.717, 1.165) is 62.2 Å². The van der Waals surface area contributed by atoms with Gasteiger partial charge in [-0.25, -0.2) is 18.4 Å². The standard InChI is InChI=1S/C44H47N7O4S2/c1-32(2)17-18-35(30-56-37-14-7-4-8-15-37)47-41-22-20-38(28-43(41)51(52)53)57(54,55)48-44-40-21-19-36(27-42(40)45-31-46-44)50-25-23-49(24-26-50)29-34-13-9-10-16-39(34)33-11-5-3-6-12-33/h3-16,19-22,27-28,31-32,35,47H,17-18,23-26,29-30H2,1-2H3,(H,45,46,48)/t35-/m1/s1.